The van der Waals surface area contributed by atoms with E-state index in [9.17, 15) is 32.3 Å². The van der Waals surface area contributed by atoms with Crippen LogP contribution in [0.15, 0.2) is 64.2 Å². The summed E-state index contributed by atoms with van der Waals surface area (Å²) in [7, 11) is 1.31. The molecule has 1 atom stereocenters. The third kappa shape index (κ3) is 4.07. The van der Waals surface area contributed by atoms with Gasteiger partial charge in [-0.1, -0.05) is 36.4 Å². The number of nitrogens with one attached hydrogen (secondary N) is 3. The summed E-state index contributed by atoms with van der Waals surface area (Å²) in [6, 6.07) is 14.0. The Labute approximate surface area is 195 Å². The van der Waals surface area contributed by atoms with Gasteiger partial charge in [0, 0.05) is 12.1 Å². The number of ether oxygens (including phenoxy) is 1. The van der Waals surface area contributed by atoms with Gasteiger partial charge in [-0.05, 0) is 30.2 Å². The number of alkyl halides is 3. The number of rotatable bonds is 6. The van der Waals surface area contributed by atoms with Crippen LogP contribution in [0.3, 0.4) is 0 Å². The summed E-state index contributed by atoms with van der Waals surface area (Å²) < 4.78 is 49.3. The standard InChI is InChI=1S/C23H19F3N4O5/c1-35-15-9-5-8-14(12-15)18(31)29-22(23(24,25)26)16-17(27-20(22)33)30(21(34)28-19(16)32)11-10-13-6-3-2-4-7-13/h2-9,12H,10-11H2,1H3,(H,27,33)(H,29,31)(H,28,32,34)/t22-/m0/s1. The molecule has 3 N–H and O–H groups in total. The van der Waals surface area contributed by atoms with Crippen molar-refractivity contribution in [3.63, 3.8) is 0 Å². The number of benzene rings is 2. The molecule has 0 bridgehead atoms. The van der Waals surface area contributed by atoms with Crippen LogP contribution < -0.4 is 26.6 Å². The van der Waals surface area contributed by atoms with Crippen molar-refractivity contribution in [1.82, 2.24) is 14.9 Å². The number of H-pyrrole nitrogens is 1. The zero-order valence-corrected chi connectivity index (χ0v) is 18.2. The predicted molar refractivity (Wildman–Crippen MR) is 118 cm³/mol. The van der Waals surface area contributed by atoms with Crippen LogP contribution in [0.25, 0.3) is 0 Å². The Bertz CT molecular complexity index is 1420. The van der Waals surface area contributed by atoms with Crippen LogP contribution in [0.4, 0.5) is 19.0 Å². The number of halogens is 3. The zero-order chi connectivity index (χ0) is 25.4. The smallest absolute Gasteiger partial charge is 0.425 e. The highest BCUT2D eigenvalue weighted by Gasteiger charge is 2.68. The van der Waals surface area contributed by atoms with E-state index < -0.39 is 46.2 Å². The van der Waals surface area contributed by atoms with Crippen molar-refractivity contribution in [1.29, 1.82) is 0 Å². The topological polar surface area (TPSA) is 122 Å². The van der Waals surface area contributed by atoms with Gasteiger partial charge < -0.3 is 15.4 Å². The fourth-order valence-electron chi connectivity index (χ4n) is 3.93. The SMILES string of the molecule is COc1cccc(C(=O)N[C@]2(C(F)(F)F)C(=O)Nc3c2c(=O)[nH]c(=O)n3CCc2ccccc2)c1. The van der Waals surface area contributed by atoms with E-state index in [4.69, 9.17) is 4.74 Å². The third-order valence-corrected chi connectivity index (χ3v) is 5.67. The minimum absolute atomic E-state index is 0.139. The van der Waals surface area contributed by atoms with Gasteiger partial charge >= 0.3 is 11.9 Å². The molecule has 0 aliphatic carbocycles. The van der Waals surface area contributed by atoms with Gasteiger partial charge in [0.25, 0.3) is 22.9 Å². The van der Waals surface area contributed by atoms with E-state index in [0.29, 0.717) is 0 Å². The predicted octanol–water partition coefficient (Wildman–Crippen LogP) is 1.93. The van der Waals surface area contributed by atoms with Gasteiger partial charge in [0.05, 0.1) is 7.11 Å². The summed E-state index contributed by atoms with van der Waals surface area (Å²) in [4.78, 5) is 52.6. The summed E-state index contributed by atoms with van der Waals surface area (Å²) in [5, 5.41) is 3.71. The lowest BCUT2D eigenvalue weighted by atomic mass is 9.91. The number of methoxy groups -OCH3 is 1. The molecule has 35 heavy (non-hydrogen) atoms. The van der Waals surface area contributed by atoms with E-state index >= 15 is 0 Å². The Hall–Kier alpha value is -4.35. The first kappa shape index (κ1) is 23.8. The second-order valence-electron chi connectivity index (χ2n) is 7.76. The number of aromatic nitrogens is 2. The van der Waals surface area contributed by atoms with Crippen LogP contribution in [-0.4, -0.2) is 34.7 Å². The molecule has 182 valence electrons. The molecule has 0 saturated heterocycles. The van der Waals surface area contributed by atoms with E-state index in [2.05, 4.69) is 0 Å². The summed E-state index contributed by atoms with van der Waals surface area (Å²) in [6.07, 6.45) is -5.20. The minimum Gasteiger partial charge on any atom is -0.497 e. The van der Waals surface area contributed by atoms with Crippen LogP contribution in [0.1, 0.15) is 21.5 Å². The fourth-order valence-corrected chi connectivity index (χ4v) is 3.93. The molecule has 3 aromatic rings. The quantitative estimate of drug-likeness (QED) is 0.490. The Kier molecular flexibility index (Phi) is 5.97. The second kappa shape index (κ2) is 8.78. The summed E-state index contributed by atoms with van der Waals surface area (Å²) in [5.74, 6) is -3.41. The first-order valence-electron chi connectivity index (χ1n) is 10.3. The van der Waals surface area contributed by atoms with Crippen LogP contribution in [-0.2, 0) is 23.3 Å². The molecule has 0 fully saturated rings. The molecule has 2 aromatic carbocycles. The molecule has 0 saturated carbocycles. The zero-order valence-electron chi connectivity index (χ0n) is 18.2. The molecular weight excluding hydrogens is 469 g/mol. The lowest BCUT2D eigenvalue weighted by Crippen LogP contribution is -2.62. The van der Waals surface area contributed by atoms with Crippen LogP contribution >= 0.6 is 0 Å². The number of hydrogen-bond acceptors (Lipinski definition) is 5. The van der Waals surface area contributed by atoms with E-state index in [1.807, 2.05) is 10.3 Å². The molecule has 9 nitrogen and oxygen atoms in total. The molecular formula is C23H19F3N4O5. The third-order valence-electron chi connectivity index (χ3n) is 5.67. The highest BCUT2D eigenvalue weighted by atomic mass is 19.4. The maximum absolute atomic E-state index is 14.5. The molecule has 0 radical (unpaired) electrons. The lowest BCUT2D eigenvalue weighted by Gasteiger charge is -2.30. The van der Waals surface area contributed by atoms with Gasteiger partial charge in [0.15, 0.2) is 0 Å². The maximum atomic E-state index is 14.5. The summed E-state index contributed by atoms with van der Waals surface area (Å²) >= 11 is 0. The van der Waals surface area contributed by atoms with Crippen LogP contribution in [0.2, 0.25) is 0 Å². The average molecular weight is 488 g/mol. The van der Waals surface area contributed by atoms with Crippen LogP contribution in [0, 0.1) is 0 Å². The molecule has 0 unspecified atom stereocenters. The van der Waals surface area contributed by atoms with E-state index in [-0.39, 0.29) is 24.3 Å². The monoisotopic (exact) mass is 488 g/mol. The van der Waals surface area contributed by atoms with Crippen molar-refractivity contribution in [2.45, 2.75) is 24.7 Å². The van der Waals surface area contributed by atoms with E-state index in [1.54, 1.807) is 35.6 Å². The Balaban J connectivity index is 1.82. The van der Waals surface area contributed by atoms with Gasteiger partial charge in [-0.15, -0.1) is 0 Å². The van der Waals surface area contributed by atoms with E-state index in [1.165, 1.54) is 31.4 Å². The van der Waals surface area contributed by atoms with Crippen molar-refractivity contribution >= 4 is 17.6 Å². The molecule has 0 spiro atoms. The number of carbonyl (C=O) groups excluding carboxylic acids is 2. The first-order chi connectivity index (χ1) is 16.6. The van der Waals surface area contributed by atoms with Gasteiger partial charge in [0.2, 0.25) is 0 Å². The molecule has 4 rings (SSSR count). The van der Waals surface area contributed by atoms with Gasteiger partial charge in [-0.25, -0.2) is 4.79 Å². The van der Waals surface area contributed by atoms with Crippen molar-refractivity contribution in [2.75, 3.05) is 12.4 Å². The number of anilines is 1. The molecule has 2 amide bonds. The lowest BCUT2D eigenvalue weighted by molar-refractivity contribution is -0.196. The van der Waals surface area contributed by atoms with Crippen molar-refractivity contribution in [3.05, 3.63) is 92.1 Å². The number of aryl methyl sites for hydroxylation is 1. The van der Waals surface area contributed by atoms with Crippen molar-refractivity contribution < 1.29 is 27.5 Å². The number of amides is 2. The molecule has 1 aliphatic heterocycles. The Morgan fingerprint density at radius 1 is 1.09 bits per heavy atom. The fraction of sp³-hybridized carbons (Fsp3) is 0.217. The maximum Gasteiger partial charge on any atom is 0.425 e. The number of fused-ring (bicyclic) bond motifs is 1. The molecule has 2 heterocycles. The van der Waals surface area contributed by atoms with Crippen molar-refractivity contribution in [2.24, 2.45) is 0 Å². The number of hydrogen-bond donors (Lipinski definition) is 3. The number of nitrogens with zero attached hydrogens (tertiary/aromatic N) is 1. The van der Waals surface area contributed by atoms with Gasteiger partial charge in [-0.2, -0.15) is 13.2 Å². The van der Waals surface area contributed by atoms with E-state index in [0.717, 1.165) is 10.1 Å². The number of aromatic amines is 1. The molecule has 1 aliphatic rings. The Morgan fingerprint density at radius 2 is 1.80 bits per heavy atom. The number of carbonyl (C=O) groups is 2. The molecule has 12 heteroatoms. The average Bonchev–Trinajstić information content (AvgIpc) is 3.12. The second-order valence-corrected chi connectivity index (χ2v) is 7.76. The minimum atomic E-state index is -5.43. The highest BCUT2D eigenvalue weighted by molar-refractivity contribution is 6.09. The summed E-state index contributed by atoms with van der Waals surface area (Å²) in [5.41, 5.74) is -6.73. The van der Waals surface area contributed by atoms with Gasteiger partial charge in [-0.3, -0.25) is 23.9 Å². The summed E-state index contributed by atoms with van der Waals surface area (Å²) in [6.45, 7) is -0.139. The van der Waals surface area contributed by atoms with Gasteiger partial charge in [0.1, 0.15) is 17.1 Å². The highest BCUT2D eigenvalue weighted by Crippen LogP contribution is 2.45. The first-order valence-corrected chi connectivity index (χ1v) is 10.3. The Morgan fingerprint density at radius 3 is 2.46 bits per heavy atom. The normalized spacial score (nSPS) is 17.0. The molecule has 1 aromatic heterocycles. The van der Waals surface area contributed by atoms with Crippen LogP contribution in [0.5, 0.6) is 5.75 Å². The van der Waals surface area contributed by atoms with Crippen molar-refractivity contribution in [3.8, 4) is 5.75 Å². The largest absolute Gasteiger partial charge is 0.497 e.